The lowest BCUT2D eigenvalue weighted by Gasteiger charge is -2.23. The fraction of sp³-hybridized carbons (Fsp3) is 0.105. The minimum atomic E-state index is -0.991. The number of halogens is 1. The minimum absolute atomic E-state index is 0.131. The first kappa shape index (κ1) is 16.4. The number of carbonyl (C=O) groups is 2. The van der Waals surface area contributed by atoms with Crippen molar-refractivity contribution in [3.05, 3.63) is 70.4 Å². The number of carbonyl (C=O) groups excluding carboxylic acids is 1. The van der Waals surface area contributed by atoms with Gasteiger partial charge >= 0.3 is 5.97 Å². The van der Waals surface area contributed by atoms with Crippen LogP contribution in [0.2, 0.25) is 0 Å². The van der Waals surface area contributed by atoms with Gasteiger partial charge in [-0.3, -0.25) is 4.79 Å². The first-order chi connectivity index (χ1) is 12.5. The van der Waals surface area contributed by atoms with Gasteiger partial charge in [0.15, 0.2) is 0 Å². The Labute approximate surface area is 152 Å². The number of nitrogens with zero attached hydrogens (tertiary/aromatic N) is 1. The first-order valence-corrected chi connectivity index (χ1v) is 8.69. The van der Waals surface area contributed by atoms with E-state index in [9.17, 15) is 14.0 Å². The van der Waals surface area contributed by atoms with E-state index in [1.54, 1.807) is 24.3 Å². The van der Waals surface area contributed by atoms with Gasteiger partial charge in [-0.05, 0) is 53.5 Å². The predicted molar refractivity (Wildman–Crippen MR) is 96.0 cm³/mol. The van der Waals surface area contributed by atoms with Crippen molar-refractivity contribution >= 4 is 29.1 Å². The van der Waals surface area contributed by atoms with Crippen molar-refractivity contribution in [2.75, 3.05) is 5.32 Å². The van der Waals surface area contributed by atoms with Gasteiger partial charge in [-0.1, -0.05) is 12.1 Å². The van der Waals surface area contributed by atoms with Gasteiger partial charge in [0.2, 0.25) is 5.91 Å². The maximum Gasteiger partial charge on any atom is 0.335 e. The summed E-state index contributed by atoms with van der Waals surface area (Å²) in [5.74, 6) is -1.64. The Morgan fingerprint density at radius 1 is 1.15 bits per heavy atom. The molecule has 26 heavy (non-hydrogen) atoms. The van der Waals surface area contributed by atoms with Gasteiger partial charge in [-0.15, -0.1) is 0 Å². The molecule has 1 aliphatic heterocycles. The summed E-state index contributed by atoms with van der Waals surface area (Å²) in [6.07, 6.45) is 0.268. The van der Waals surface area contributed by atoms with Crippen LogP contribution in [0.3, 0.4) is 0 Å². The highest BCUT2D eigenvalue weighted by atomic mass is 32.1. The number of benzene rings is 2. The second kappa shape index (κ2) is 6.34. The summed E-state index contributed by atoms with van der Waals surface area (Å²) in [4.78, 5) is 24.2. The largest absolute Gasteiger partial charge is 0.478 e. The molecule has 1 aromatic heterocycles. The second-order valence-corrected chi connectivity index (χ2v) is 6.81. The molecular formula is C19H13FN2O3S. The van der Waals surface area contributed by atoms with Crippen LogP contribution >= 0.6 is 11.5 Å². The molecule has 5 nitrogen and oxygen atoms in total. The zero-order valence-electron chi connectivity index (χ0n) is 13.4. The molecule has 0 radical (unpaired) electrons. The molecule has 4 rings (SSSR count). The van der Waals surface area contributed by atoms with Gasteiger partial charge in [-0.25, -0.2) is 9.18 Å². The van der Waals surface area contributed by atoms with Gasteiger partial charge in [0.05, 0.1) is 16.1 Å². The normalized spacial score (nSPS) is 16.0. The molecule has 1 amide bonds. The highest BCUT2D eigenvalue weighted by Crippen LogP contribution is 2.44. The smallest absolute Gasteiger partial charge is 0.335 e. The molecule has 0 spiro atoms. The van der Waals surface area contributed by atoms with Crippen molar-refractivity contribution in [2.24, 2.45) is 0 Å². The molecule has 0 fully saturated rings. The van der Waals surface area contributed by atoms with Crippen LogP contribution in [0, 0.1) is 5.82 Å². The number of rotatable bonds is 3. The van der Waals surface area contributed by atoms with Crippen LogP contribution in [0.15, 0.2) is 48.5 Å². The summed E-state index contributed by atoms with van der Waals surface area (Å²) in [7, 11) is 0. The third-order valence-corrected chi connectivity index (χ3v) is 5.33. The highest BCUT2D eigenvalue weighted by Gasteiger charge is 2.31. The number of hydrogen-bond acceptors (Lipinski definition) is 4. The fourth-order valence-corrected chi connectivity index (χ4v) is 4.03. The van der Waals surface area contributed by atoms with E-state index in [0.29, 0.717) is 11.4 Å². The predicted octanol–water partition coefficient (Wildman–Crippen LogP) is 4.12. The Bertz CT molecular complexity index is 997. The summed E-state index contributed by atoms with van der Waals surface area (Å²) in [5, 5.41) is 11.9. The van der Waals surface area contributed by atoms with E-state index < -0.39 is 5.97 Å². The summed E-state index contributed by atoms with van der Waals surface area (Å²) < 4.78 is 17.6. The number of aromatic nitrogens is 1. The average Bonchev–Trinajstić information content (AvgIpc) is 3.05. The Morgan fingerprint density at radius 2 is 1.85 bits per heavy atom. The van der Waals surface area contributed by atoms with E-state index in [4.69, 9.17) is 5.11 Å². The van der Waals surface area contributed by atoms with Crippen LogP contribution in [-0.2, 0) is 4.79 Å². The molecular weight excluding hydrogens is 355 g/mol. The summed E-state index contributed by atoms with van der Waals surface area (Å²) in [6.45, 7) is 0. The molecule has 2 aromatic carbocycles. The number of carboxylic acid groups (broad SMARTS) is 1. The van der Waals surface area contributed by atoms with Crippen LogP contribution in [-0.4, -0.2) is 21.4 Å². The monoisotopic (exact) mass is 368 g/mol. The summed E-state index contributed by atoms with van der Waals surface area (Å²) in [6, 6.07) is 12.5. The van der Waals surface area contributed by atoms with Crippen LogP contribution < -0.4 is 5.32 Å². The standard InChI is InChI=1S/C19H13FN2O3S/c20-13-7-5-11(6-8-13)16-17-18(26-22-16)14(9-15(23)21-17)10-1-3-12(4-2-10)19(24)25/h1-8,14H,9H2,(H,21,23)(H,24,25)/t14-/m1/s1. The van der Waals surface area contributed by atoms with Gasteiger partial charge in [0.25, 0.3) is 0 Å². The van der Waals surface area contributed by atoms with Gasteiger partial charge in [0, 0.05) is 17.9 Å². The van der Waals surface area contributed by atoms with Gasteiger partial charge < -0.3 is 10.4 Å². The molecule has 0 aliphatic carbocycles. The van der Waals surface area contributed by atoms with Crippen molar-refractivity contribution in [2.45, 2.75) is 12.3 Å². The molecule has 1 atom stereocenters. The first-order valence-electron chi connectivity index (χ1n) is 7.91. The zero-order chi connectivity index (χ0) is 18.3. The van der Waals surface area contributed by atoms with Crippen LogP contribution in [0.4, 0.5) is 10.1 Å². The lowest BCUT2D eigenvalue weighted by Crippen LogP contribution is -2.22. The lowest BCUT2D eigenvalue weighted by molar-refractivity contribution is -0.116. The molecule has 2 heterocycles. The minimum Gasteiger partial charge on any atom is -0.478 e. The Kier molecular flexibility index (Phi) is 4.00. The number of carboxylic acids is 1. The summed E-state index contributed by atoms with van der Waals surface area (Å²) in [5.41, 5.74) is 3.05. The number of amides is 1. The van der Waals surface area contributed by atoms with E-state index in [2.05, 4.69) is 9.69 Å². The van der Waals surface area contributed by atoms with Crippen molar-refractivity contribution < 1.29 is 19.1 Å². The molecule has 7 heteroatoms. The second-order valence-electron chi connectivity index (χ2n) is 6.01. The van der Waals surface area contributed by atoms with Crippen LogP contribution in [0.25, 0.3) is 11.3 Å². The lowest BCUT2D eigenvalue weighted by atomic mass is 9.89. The zero-order valence-corrected chi connectivity index (χ0v) is 14.2. The highest BCUT2D eigenvalue weighted by molar-refractivity contribution is 7.07. The number of hydrogen-bond donors (Lipinski definition) is 2. The van der Waals surface area contributed by atoms with E-state index in [-0.39, 0.29) is 29.6 Å². The van der Waals surface area contributed by atoms with E-state index in [1.165, 1.54) is 35.8 Å². The molecule has 2 N–H and O–H groups in total. The number of aromatic carboxylic acids is 1. The third kappa shape index (κ3) is 2.86. The van der Waals surface area contributed by atoms with E-state index in [1.807, 2.05) is 0 Å². The Hall–Kier alpha value is -3.06. The SMILES string of the molecule is O=C1C[C@H](c2ccc(C(=O)O)cc2)c2snc(-c3ccc(F)cc3)c2N1. The van der Waals surface area contributed by atoms with Gasteiger partial charge in [-0.2, -0.15) is 4.37 Å². The third-order valence-electron chi connectivity index (χ3n) is 4.37. The topological polar surface area (TPSA) is 79.3 Å². The fourth-order valence-electron chi connectivity index (χ4n) is 3.06. The maximum absolute atomic E-state index is 13.2. The van der Waals surface area contributed by atoms with Gasteiger partial charge in [0.1, 0.15) is 11.5 Å². The average molecular weight is 368 g/mol. The number of fused-ring (bicyclic) bond motifs is 1. The van der Waals surface area contributed by atoms with Crippen molar-refractivity contribution in [3.63, 3.8) is 0 Å². The Morgan fingerprint density at radius 3 is 2.50 bits per heavy atom. The van der Waals surface area contributed by atoms with Crippen molar-refractivity contribution in [3.8, 4) is 11.3 Å². The van der Waals surface area contributed by atoms with Crippen molar-refractivity contribution in [1.82, 2.24) is 4.37 Å². The number of nitrogens with one attached hydrogen (secondary N) is 1. The molecule has 0 saturated heterocycles. The van der Waals surface area contributed by atoms with Crippen molar-refractivity contribution in [1.29, 1.82) is 0 Å². The van der Waals surface area contributed by atoms with Crippen LogP contribution in [0.5, 0.6) is 0 Å². The van der Waals surface area contributed by atoms with E-state index >= 15 is 0 Å². The molecule has 0 bridgehead atoms. The number of anilines is 1. The maximum atomic E-state index is 13.2. The molecule has 0 saturated carbocycles. The quantitative estimate of drug-likeness (QED) is 0.729. The molecule has 0 unspecified atom stereocenters. The summed E-state index contributed by atoms with van der Waals surface area (Å²) >= 11 is 1.29. The molecule has 130 valence electrons. The van der Waals surface area contributed by atoms with Crippen LogP contribution in [0.1, 0.15) is 33.1 Å². The Balaban J connectivity index is 1.76. The molecule has 3 aromatic rings. The molecule has 1 aliphatic rings. The van der Waals surface area contributed by atoms with E-state index in [0.717, 1.165) is 16.0 Å².